The molecule has 2 N–H and O–H groups in total. The van der Waals surface area contributed by atoms with Crippen LogP contribution < -0.4 is 5.32 Å². The summed E-state index contributed by atoms with van der Waals surface area (Å²) < 4.78 is 0. The average Bonchev–Trinajstić information content (AvgIpc) is 2.49. The van der Waals surface area contributed by atoms with Crippen molar-refractivity contribution in [1.29, 1.82) is 0 Å². The third-order valence-electron chi connectivity index (χ3n) is 3.36. The molecule has 0 spiro atoms. The molecule has 0 radical (unpaired) electrons. The first-order valence-electron chi connectivity index (χ1n) is 7.25. The van der Waals surface area contributed by atoms with Gasteiger partial charge in [0.1, 0.15) is 6.04 Å². The quantitative estimate of drug-likeness (QED) is 0.795. The van der Waals surface area contributed by atoms with Crippen molar-refractivity contribution in [3.63, 3.8) is 0 Å². The Morgan fingerprint density at radius 1 is 1.22 bits per heavy atom. The Kier molecular flexibility index (Phi) is 7.03. The standard InChI is InChI=1S/C16H21ClN2O4/c1-10(2)14(16(23)19(3)9-8-13(20)21)18-15(22)11-4-6-12(17)7-5-11/h4-7,10,14H,8-9H2,1-3H3,(H,18,22)(H,20,21). The van der Waals surface area contributed by atoms with Crippen molar-refractivity contribution >= 4 is 29.4 Å². The predicted octanol–water partition coefficient (Wildman–Crippen LogP) is 2.03. The van der Waals surface area contributed by atoms with Gasteiger partial charge in [-0.2, -0.15) is 0 Å². The van der Waals surface area contributed by atoms with Gasteiger partial charge in [-0.05, 0) is 30.2 Å². The number of hydrogen-bond donors (Lipinski definition) is 2. The minimum absolute atomic E-state index is 0.0915. The van der Waals surface area contributed by atoms with Crippen LogP contribution in [-0.2, 0) is 9.59 Å². The van der Waals surface area contributed by atoms with E-state index >= 15 is 0 Å². The van der Waals surface area contributed by atoms with Gasteiger partial charge in [0.15, 0.2) is 0 Å². The SMILES string of the molecule is CC(C)C(NC(=O)c1ccc(Cl)cc1)C(=O)N(C)CCC(=O)O. The van der Waals surface area contributed by atoms with Crippen LogP contribution in [0.1, 0.15) is 30.6 Å². The first-order chi connectivity index (χ1) is 10.7. The molecule has 1 unspecified atom stereocenters. The summed E-state index contributed by atoms with van der Waals surface area (Å²) in [5, 5.41) is 11.9. The maximum Gasteiger partial charge on any atom is 0.305 e. The Bertz CT molecular complexity index is 572. The average molecular weight is 341 g/mol. The molecule has 1 aromatic rings. The third kappa shape index (κ3) is 5.90. The molecule has 0 saturated heterocycles. The van der Waals surface area contributed by atoms with Gasteiger partial charge in [-0.25, -0.2) is 0 Å². The molecule has 23 heavy (non-hydrogen) atoms. The minimum Gasteiger partial charge on any atom is -0.481 e. The van der Waals surface area contributed by atoms with Crippen molar-refractivity contribution in [3.05, 3.63) is 34.9 Å². The summed E-state index contributed by atoms with van der Waals surface area (Å²) >= 11 is 5.78. The van der Waals surface area contributed by atoms with E-state index in [9.17, 15) is 14.4 Å². The van der Waals surface area contributed by atoms with Gasteiger partial charge in [0.25, 0.3) is 5.91 Å². The largest absolute Gasteiger partial charge is 0.481 e. The second kappa shape index (κ2) is 8.53. The minimum atomic E-state index is -0.976. The van der Waals surface area contributed by atoms with E-state index in [2.05, 4.69) is 5.32 Å². The van der Waals surface area contributed by atoms with Gasteiger partial charge in [-0.3, -0.25) is 14.4 Å². The zero-order valence-corrected chi connectivity index (χ0v) is 14.1. The number of amides is 2. The molecule has 1 atom stereocenters. The van der Waals surface area contributed by atoms with Crippen LogP contribution in [0.4, 0.5) is 0 Å². The highest BCUT2D eigenvalue weighted by molar-refractivity contribution is 6.30. The monoisotopic (exact) mass is 340 g/mol. The van der Waals surface area contributed by atoms with Crippen LogP contribution in [0.3, 0.4) is 0 Å². The molecule has 0 bridgehead atoms. The summed E-state index contributed by atoms with van der Waals surface area (Å²) in [5.74, 6) is -1.80. The van der Waals surface area contributed by atoms with E-state index in [1.165, 1.54) is 11.9 Å². The van der Waals surface area contributed by atoms with Gasteiger partial charge in [-0.15, -0.1) is 0 Å². The maximum atomic E-state index is 12.4. The zero-order valence-electron chi connectivity index (χ0n) is 13.4. The Morgan fingerprint density at radius 2 is 1.78 bits per heavy atom. The van der Waals surface area contributed by atoms with E-state index < -0.39 is 12.0 Å². The van der Waals surface area contributed by atoms with Gasteiger partial charge < -0.3 is 15.3 Å². The highest BCUT2D eigenvalue weighted by atomic mass is 35.5. The molecule has 0 fully saturated rings. The number of hydrogen-bond acceptors (Lipinski definition) is 3. The van der Waals surface area contributed by atoms with Gasteiger partial charge in [0, 0.05) is 24.2 Å². The number of carbonyl (C=O) groups excluding carboxylic acids is 2. The van der Waals surface area contributed by atoms with Crippen LogP contribution in [0, 0.1) is 5.92 Å². The number of carboxylic acids is 1. The van der Waals surface area contributed by atoms with Gasteiger partial charge >= 0.3 is 5.97 Å². The summed E-state index contributed by atoms with van der Waals surface area (Å²) in [7, 11) is 1.52. The van der Waals surface area contributed by atoms with E-state index in [0.717, 1.165) is 0 Å². The van der Waals surface area contributed by atoms with Crippen molar-refractivity contribution in [3.8, 4) is 0 Å². The number of halogens is 1. The topological polar surface area (TPSA) is 86.7 Å². The van der Waals surface area contributed by atoms with Crippen LogP contribution in [-0.4, -0.2) is 47.4 Å². The molecule has 1 aromatic carbocycles. The zero-order chi connectivity index (χ0) is 17.6. The van der Waals surface area contributed by atoms with Crippen LogP contribution in [0.25, 0.3) is 0 Å². The smallest absolute Gasteiger partial charge is 0.305 e. The van der Waals surface area contributed by atoms with E-state index in [0.29, 0.717) is 10.6 Å². The highest BCUT2D eigenvalue weighted by Crippen LogP contribution is 2.11. The number of nitrogens with one attached hydrogen (secondary N) is 1. The highest BCUT2D eigenvalue weighted by Gasteiger charge is 2.27. The van der Waals surface area contributed by atoms with E-state index in [1.54, 1.807) is 24.3 Å². The molecular formula is C16H21ClN2O4. The molecule has 0 saturated carbocycles. The van der Waals surface area contributed by atoms with Crippen LogP contribution >= 0.6 is 11.6 Å². The molecule has 0 aliphatic heterocycles. The van der Waals surface area contributed by atoms with E-state index in [-0.39, 0.29) is 30.7 Å². The van der Waals surface area contributed by atoms with Crippen molar-refractivity contribution in [2.45, 2.75) is 26.3 Å². The number of carbonyl (C=O) groups is 3. The number of nitrogens with zero attached hydrogens (tertiary/aromatic N) is 1. The van der Waals surface area contributed by atoms with Crippen molar-refractivity contribution in [2.24, 2.45) is 5.92 Å². The molecule has 2 amide bonds. The van der Waals surface area contributed by atoms with Crippen LogP contribution in [0.2, 0.25) is 5.02 Å². The number of likely N-dealkylation sites (N-methyl/N-ethyl adjacent to an activating group) is 1. The van der Waals surface area contributed by atoms with Crippen molar-refractivity contribution < 1.29 is 19.5 Å². The van der Waals surface area contributed by atoms with E-state index in [4.69, 9.17) is 16.7 Å². The summed E-state index contributed by atoms with van der Waals surface area (Å²) in [6.07, 6.45) is -0.141. The number of carboxylic acid groups (broad SMARTS) is 1. The molecule has 1 rings (SSSR count). The lowest BCUT2D eigenvalue weighted by Crippen LogP contribution is -2.50. The maximum absolute atomic E-state index is 12.4. The number of aliphatic carboxylic acids is 1. The number of rotatable bonds is 7. The molecule has 0 aliphatic rings. The Morgan fingerprint density at radius 3 is 2.26 bits per heavy atom. The second-order valence-electron chi connectivity index (χ2n) is 5.61. The summed E-state index contributed by atoms with van der Waals surface area (Å²) in [5.41, 5.74) is 0.404. The third-order valence-corrected chi connectivity index (χ3v) is 3.62. The van der Waals surface area contributed by atoms with Gasteiger partial charge in [0.2, 0.25) is 5.91 Å². The van der Waals surface area contributed by atoms with Crippen LogP contribution in [0.5, 0.6) is 0 Å². The normalized spacial score (nSPS) is 11.9. The fourth-order valence-electron chi connectivity index (χ4n) is 1.95. The summed E-state index contributed by atoms with van der Waals surface area (Å²) in [6, 6.07) is 5.63. The molecular weight excluding hydrogens is 320 g/mol. The lowest BCUT2D eigenvalue weighted by Gasteiger charge is -2.26. The summed E-state index contributed by atoms with van der Waals surface area (Å²) in [4.78, 5) is 36.6. The van der Waals surface area contributed by atoms with Gasteiger partial charge in [-0.1, -0.05) is 25.4 Å². The van der Waals surface area contributed by atoms with Crippen molar-refractivity contribution in [1.82, 2.24) is 10.2 Å². The first kappa shape index (κ1) is 19.0. The van der Waals surface area contributed by atoms with Crippen LogP contribution in [0.15, 0.2) is 24.3 Å². The molecule has 126 valence electrons. The fraction of sp³-hybridized carbons (Fsp3) is 0.438. The van der Waals surface area contributed by atoms with E-state index in [1.807, 2.05) is 13.8 Å². The summed E-state index contributed by atoms with van der Waals surface area (Å²) in [6.45, 7) is 3.72. The predicted molar refractivity (Wildman–Crippen MR) is 87.4 cm³/mol. The van der Waals surface area contributed by atoms with Crippen molar-refractivity contribution in [2.75, 3.05) is 13.6 Å². The molecule has 0 aliphatic carbocycles. The molecule has 0 aromatic heterocycles. The Hall–Kier alpha value is -2.08. The lowest BCUT2D eigenvalue weighted by molar-refractivity contribution is -0.138. The molecule has 0 heterocycles. The Balaban J connectivity index is 2.77. The molecule has 7 heteroatoms. The van der Waals surface area contributed by atoms with Gasteiger partial charge in [0.05, 0.1) is 6.42 Å². The second-order valence-corrected chi connectivity index (χ2v) is 6.04. The lowest BCUT2D eigenvalue weighted by atomic mass is 10.0. The number of benzene rings is 1. The fourth-order valence-corrected chi connectivity index (χ4v) is 2.08. The Labute approximate surface area is 140 Å². The first-order valence-corrected chi connectivity index (χ1v) is 7.63. The molecule has 6 nitrogen and oxygen atoms in total.